The third-order valence-electron chi connectivity index (χ3n) is 6.02. The molecule has 0 saturated heterocycles. The fourth-order valence-electron chi connectivity index (χ4n) is 4.71. The maximum Gasteiger partial charge on any atom is 0.0117 e. The van der Waals surface area contributed by atoms with Gasteiger partial charge in [0.15, 0.2) is 0 Å². The van der Waals surface area contributed by atoms with Crippen molar-refractivity contribution in [3.05, 3.63) is 82.5 Å². The van der Waals surface area contributed by atoms with Crippen LogP contribution in [0.2, 0.25) is 0 Å². The van der Waals surface area contributed by atoms with Crippen molar-refractivity contribution >= 4 is 0 Å². The molecule has 2 aliphatic carbocycles. The van der Waals surface area contributed by atoms with Gasteiger partial charge in [0.2, 0.25) is 0 Å². The highest BCUT2D eigenvalue weighted by molar-refractivity contribution is 5.78. The van der Waals surface area contributed by atoms with Crippen molar-refractivity contribution in [2.45, 2.75) is 52.9 Å². The second kappa shape index (κ2) is 5.46. The summed E-state index contributed by atoms with van der Waals surface area (Å²) >= 11 is 0. The molecule has 2 aromatic carbocycles. The van der Waals surface area contributed by atoms with Gasteiger partial charge >= 0.3 is 0 Å². The lowest BCUT2D eigenvalue weighted by atomic mass is 9.70. The molecule has 0 fully saturated rings. The van der Waals surface area contributed by atoms with Gasteiger partial charge in [-0.3, -0.25) is 0 Å². The van der Waals surface area contributed by atoms with E-state index in [0.29, 0.717) is 0 Å². The summed E-state index contributed by atoms with van der Waals surface area (Å²) in [6, 6.07) is 15.8. The number of rotatable bonds is 2. The van der Waals surface area contributed by atoms with Crippen LogP contribution >= 0.6 is 0 Å². The molecular formula is C25H28. The lowest BCUT2D eigenvalue weighted by Crippen LogP contribution is -2.25. The van der Waals surface area contributed by atoms with Gasteiger partial charge in [-0.25, -0.2) is 0 Å². The summed E-state index contributed by atoms with van der Waals surface area (Å²) in [6.45, 7) is 11.8. The zero-order chi connectivity index (χ0) is 17.8. The molecule has 0 N–H and O–H groups in total. The normalized spacial score (nSPS) is 16.4. The molecule has 0 radical (unpaired) electrons. The molecule has 0 amide bonds. The van der Waals surface area contributed by atoms with E-state index in [9.17, 15) is 0 Å². The van der Waals surface area contributed by atoms with Crippen molar-refractivity contribution < 1.29 is 0 Å². The van der Waals surface area contributed by atoms with Crippen molar-refractivity contribution in [3.8, 4) is 11.1 Å². The van der Waals surface area contributed by atoms with Crippen LogP contribution in [0.5, 0.6) is 0 Å². The van der Waals surface area contributed by atoms with Crippen LogP contribution in [0.4, 0.5) is 0 Å². The van der Waals surface area contributed by atoms with Crippen molar-refractivity contribution in [3.63, 3.8) is 0 Å². The molecule has 0 bridgehead atoms. The van der Waals surface area contributed by atoms with E-state index in [2.05, 4.69) is 89.2 Å². The van der Waals surface area contributed by atoms with Crippen LogP contribution in [-0.2, 0) is 11.8 Å². The number of hydrogen-bond acceptors (Lipinski definition) is 0. The Labute approximate surface area is 152 Å². The molecule has 4 rings (SSSR count). The Bertz CT molecular complexity index is 898. The Morgan fingerprint density at radius 1 is 0.800 bits per heavy atom. The van der Waals surface area contributed by atoms with Gasteiger partial charge in [-0.2, -0.15) is 0 Å². The van der Waals surface area contributed by atoms with Crippen LogP contribution in [0.25, 0.3) is 11.1 Å². The van der Waals surface area contributed by atoms with E-state index in [1.165, 1.54) is 33.4 Å². The zero-order valence-electron chi connectivity index (χ0n) is 16.1. The monoisotopic (exact) mass is 328 g/mol. The first-order valence-corrected chi connectivity index (χ1v) is 9.41. The van der Waals surface area contributed by atoms with E-state index in [0.717, 1.165) is 12.8 Å². The molecule has 0 atom stereocenters. The lowest BCUT2D eigenvalue weighted by Gasteiger charge is -2.34. The van der Waals surface area contributed by atoms with Gasteiger partial charge in [0, 0.05) is 5.41 Å². The van der Waals surface area contributed by atoms with E-state index in [-0.39, 0.29) is 10.8 Å². The Morgan fingerprint density at radius 2 is 1.52 bits per heavy atom. The first kappa shape index (κ1) is 16.4. The summed E-state index contributed by atoms with van der Waals surface area (Å²) in [5.41, 5.74) is 10.7. The maximum absolute atomic E-state index is 2.42. The highest BCUT2D eigenvalue weighted by Crippen LogP contribution is 2.48. The fraction of sp³-hybridized carbons (Fsp3) is 0.360. The van der Waals surface area contributed by atoms with Crippen LogP contribution in [0.15, 0.2) is 65.8 Å². The lowest BCUT2D eigenvalue weighted by molar-refractivity contribution is 0.492. The molecule has 0 unspecified atom stereocenters. The first-order chi connectivity index (χ1) is 11.8. The maximum atomic E-state index is 2.42. The van der Waals surface area contributed by atoms with Crippen LogP contribution in [0.1, 0.15) is 57.7 Å². The number of allylic oxidation sites excluding steroid dienone is 4. The molecule has 2 aliphatic rings. The quantitative estimate of drug-likeness (QED) is 0.483. The topological polar surface area (TPSA) is 0 Å². The number of benzene rings is 2. The molecule has 2 aromatic rings. The standard InChI is InChI=1S/C25H28/c1-24(2,3)22-14-9-15-23(22)25(4,5)21-13-8-12-19-18-11-7-6-10-17(18)16-20(19)21/h6-14H,15-16H2,1-5H3. The summed E-state index contributed by atoms with van der Waals surface area (Å²) in [4.78, 5) is 0. The molecule has 0 heteroatoms. The highest BCUT2D eigenvalue weighted by Gasteiger charge is 2.35. The highest BCUT2D eigenvalue weighted by atomic mass is 14.4. The van der Waals surface area contributed by atoms with E-state index in [1.807, 2.05) is 0 Å². The number of hydrogen-bond donors (Lipinski definition) is 0. The molecule has 0 aliphatic heterocycles. The molecular weight excluding hydrogens is 300 g/mol. The summed E-state index contributed by atoms with van der Waals surface area (Å²) in [6.07, 6.45) is 6.84. The van der Waals surface area contributed by atoms with Crippen molar-refractivity contribution in [2.24, 2.45) is 5.41 Å². The van der Waals surface area contributed by atoms with Crippen LogP contribution in [0.3, 0.4) is 0 Å². The van der Waals surface area contributed by atoms with Gasteiger partial charge in [-0.05, 0) is 51.6 Å². The fourth-order valence-corrected chi connectivity index (χ4v) is 4.71. The summed E-state index contributed by atoms with van der Waals surface area (Å²) in [5.74, 6) is 0. The smallest absolute Gasteiger partial charge is 0.0117 e. The average Bonchev–Trinajstić information content (AvgIpc) is 3.19. The third-order valence-corrected chi connectivity index (χ3v) is 6.02. The average molecular weight is 328 g/mol. The largest absolute Gasteiger partial charge is 0.0801 e. The molecule has 0 spiro atoms. The van der Waals surface area contributed by atoms with Gasteiger partial charge in [0.05, 0.1) is 0 Å². The van der Waals surface area contributed by atoms with Gasteiger partial charge < -0.3 is 0 Å². The van der Waals surface area contributed by atoms with Crippen molar-refractivity contribution in [2.75, 3.05) is 0 Å². The van der Waals surface area contributed by atoms with Gasteiger partial charge in [-0.1, -0.05) is 94.8 Å². The minimum absolute atomic E-state index is 0.0551. The molecule has 128 valence electrons. The van der Waals surface area contributed by atoms with E-state index in [1.54, 1.807) is 5.57 Å². The zero-order valence-corrected chi connectivity index (χ0v) is 16.1. The Balaban J connectivity index is 1.87. The molecule has 0 heterocycles. The van der Waals surface area contributed by atoms with E-state index in [4.69, 9.17) is 0 Å². The molecule has 25 heavy (non-hydrogen) atoms. The second-order valence-corrected chi connectivity index (χ2v) is 9.04. The van der Waals surface area contributed by atoms with Crippen LogP contribution in [-0.4, -0.2) is 0 Å². The number of fused-ring (bicyclic) bond motifs is 3. The summed E-state index contributed by atoms with van der Waals surface area (Å²) < 4.78 is 0. The van der Waals surface area contributed by atoms with E-state index < -0.39 is 0 Å². The van der Waals surface area contributed by atoms with Crippen molar-refractivity contribution in [1.29, 1.82) is 0 Å². The van der Waals surface area contributed by atoms with Crippen molar-refractivity contribution in [1.82, 2.24) is 0 Å². The summed E-state index contributed by atoms with van der Waals surface area (Å²) in [7, 11) is 0. The van der Waals surface area contributed by atoms with Crippen LogP contribution < -0.4 is 0 Å². The predicted molar refractivity (Wildman–Crippen MR) is 108 cm³/mol. The van der Waals surface area contributed by atoms with E-state index >= 15 is 0 Å². The predicted octanol–water partition coefficient (Wildman–Crippen LogP) is 6.84. The first-order valence-electron chi connectivity index (χ1n) is 9.41. The van der Waals surface area contributed by atoms with Gasteiger partial charge in [-0.15, -0.1) is 0 Å². The third kappa shape index (κ3) is 2.51. The minimum Gasteiger partial charge on any atom is -0.0801 e. The Kier molecular flexibility index (Phi) is 3.58. The molecule has 0 saturated carbocycles. The molecule has 0 aromatic heterocycles. The molecule has 0 nitrogen and oxygen atoms in total. The van der Waals surface area contributed by atoms with Gasteiger partial charge in [0.1, 0.15) is 0 Å². The second-order valence-electron chi connectivity index (χ2n) is 9.04. The minimum atomic E-state index is 0.0551. The Morgan fingerprint density at radius 3 is 2.28 bits per heavy atom. The van der Waals surface area contributed by atoms with Gasteiger partial charge in [0.25, 0.3) is 0 Å². The SMILES string of the molecule is CC(C)(C)C1=C(C(C)(C)c2cccc3c2Cc2ccccc2-3)CC=C1. The Hall–Kier alpha value is -2.08. The summed E-state index contributed by atoms with van der Waals surface area (Å²) in [5, 5.41) is 0. The van der Waals surface area contributed by atoms with Crippen LogP contribution in [0, 0.1) is 5.41 Å².